The second-order valence-electron chi connectivity index (χ2n) is 8.86. The predicted molar refractivity (Wildman–Crippen MR) is 135 cm³/mol. The summed E-state index contributed by atoms with van der Waals surface area (Å²) >= 11 is 0. The van der Waals surface area contributed by atoms with E-state index in [2.05, 4.69) is 15.3 Å². The number of carbonyl (C=O) groups excluding carboxylic acids is 1. The standard InChI is InChI=1S/C25H26N6O3S/c1-35(33,34)16-22-14-27-24(20-9-8-18-5-2-3-6-19(18)13-20)31(22)23-10-11-26-25(29-23)28-21-7-4-12-30(15-21)17-32/h2-3,5-6,8-11,13-14,17,21H,4,7,12,15-16H2,1H3,(H,26,28,29). The third kappa shape index (κ3) is 5.17. The molecule has 2 aromatic carbocycles. The normalized spacial score (nSPS) is 16.4. The van der Waals surface area contributed by atoms with Gasteiger partial charge in [-0.3, -0.25) is 9.36 Å². The van der Waals surface area contributed by atoms with E-state index in [4.69, 9.17) is 4.98 Å². The molecule has 1 saturated heterocycles. The summed E-state index contributed by atoms with van der Waals surface area (Å²) in [6.07, 6.45) is 7.11. The first-order valence-corrected chi connectivity index (χ1v) is 13.5. The zero-order valence-electron chi connectivity index (χ0n) is 19.3. The quantitative estimate of drug-likeness (QED) is 0.397. The summed E-state index contributed by atoms with van der Waals surface area (Å²) in [6.45, 7) is 1.34. The van der Waals surface area contributed by atoms with Gasteiger partial charge >= 0.3 is 0 Å². The second-order valence-corrected chi connectivity index (χ2v) is 11.0. The Labute approximate surface area is 203 Å². The van der Waals surface area contributed by atoms with E-state index in [1.807, 2.05) is 42.5 Å². The molecular formula is C25H26N6O3S. The Balaban J connectivity index is 1.55. The van der Waals surface area contributed by atoms with Crippen LogP contribution in [0.4, 0.5) is 5.95 Å². The van der Waals surface area contributed by atoms with E-state index in [9.17, 15) is 13.2 Å². The lowest BCUT2D eigenvalue weighted by molar-refractivity contribution is -0.119. The van der Waals surface area contributed by atoms with Gasteiger partial charge in [0.15, 0.2) is 9.84 Å². The van der Waals surface area contributed by atoms with Gasteiger partial charge in [0, 0.05) is 37.1 Å². The number of imidazole rings is 1. The fourth-order valence-corrected chi connectivity index (χ4v) is 5.23. The van der Waals surface area contributed by atoms with Crippen LogP contribution in [0.3, 0.4) is 0 Å². The monoisotopic (exact) mass is 490 g/mol. The molecule has 1 atom stereocenters. The van der Waals surface area contributed by atoms with Crippen molar-refractivity contribution in [1.29, 1.82) is 0 Å². The minimum absolute atomic E-state index is 0.0439. The number of fused-ring (bicyclic) bond motifs is 1. The summed E-state index contributed by atoms with van der Waals surface area (Å²) in [5, 5.41) is 5.49. The van der Waals surface area contributed by atoms with Crippen molar-refractivity contribution in [2.24, 2.45) is 0 Å². The van der Waals surface area contributed by atoms with Crippen molar-refractivity contribution in [2.45, 2.75) is 24.6 Å². The lowest BCUT2D eigenvalue weighted by atomic mass is 10.1. The van der Waals surface area contributed by atoms with Crippen LogP contribution in [0.1, 0.15) is 18.5 Å². The molecule has 0 spiro atoms. The van der Waals surface area contributed by atoms with Crippen LogP contribution < -0.4 is 5.32 Å². The summed E-state index contributed by atoms with van der Waals surface area (Å²) in [6, 6.07) is 15.9. The fourth-order valence-electron chi connectivity index (χ4n) is 4.49. The number of nitrogens with zero attached hydrogens (tertiary/aromatic N) is 5. The largest absolute Gasteiger partial charge is 0.350 e. The van der Waals surface area contributed by atoms with Crippen molar-refractivity contribution in [2.75, 3.05) is 24.7 Å². The van der Waals surface area contributed by atoms with Gasteiger partial charge in [0.1, 0.15) is 11.6 Å². The van der Waals surface area contributed by atoms with Crippen molar-refractivity contribution in [3.8, 4) is 17.2 Å². The maximum Gasteiger partial charge on any atom is 0.224 e. The third-order valence-corrected chi connectivity index (χ3v) is 6.88. The summed E-state index contributed by atoms with van der Waals surface area (Å²) < 4.78 is 26.1. The van der Waals surface area contributed by atoms with Gasteiger partial charge < -0.3 is 10.2 Å². The molecule has 1 amide bonds. The van der Waals surface area contributed by atoms with E-state index in [1.165, 1.54) is 6.26 Å². The minimum atomic E-state index is -3.31. The molecule has 1 aliphatic heterocycles. The van der Waals surface area contributed by atoms with Gasteiger partial charge in [0.05, 0.1) is 17.6 Å². The molecule has 0 radical (unpaired) electrons. The highest BCUT2D eigenvalue weighted by molar-refractivity contribution is 7.89. The molecule has 0 saturated carbocycles. The van der Waals surface area contributed by atoms with Crippen molar-refractivity contribution >= 4 is 33.0 Å². The van der Waals surface area contributed by atoms with E-state index in [1.54, 1.807) is 27.9 Å². The van der Waals surface area contributed by atoms with Gasteiger partial charge in [-0.2, -0.15) is 4.98 Å². The van der Waals surface area contributed by atoms with Gasteiger partial charge in [-0.15, -0.1) is 0 Å². The second kappa shape index (κ2) is 9.46. The van der Waals surface area contributed by atoms with Crippen LogP contribution in [0.2, 0.25) is 0 Å². The zero-order valence-corrected chi connectivity index (χ0v) is 20.1. The van der Waals surface area contributed by atoms with Crippen LogP contribution in [-0.4, -0.2) is 64.6 Å². The lowest BCUT2D eigenvalue weighted by Crippen LogP contribution is -2.41. The maximum absolute atomic E-state index is 12.2. The van der Waals surface area contributed by atoms with E-state index < -0.39 is 9.84 Å². The van der Waals surface area contributed by atoms with E-state index >= 15 is 0 Å². The molecule has 180 valence electrons. The lowest BCUT2D eigenvalue weighted by Gasteiger charge is -2.30. The van der Waals surface area contributed by atoms with E-state index in [0.29, 0.717) is 29.8 Å². The molecular weight excluding hydrogens is 464 g/mol. The van der Waals surface area contributed by atoms with Crippen molar-refractivity contribution in [3.63, 3.8) is 0 Å². The minimum Gasteiger partial charge on any atom is -0.350 e. The van der Waals surface area contributed by atoms with Gasteiger partial charge in [-0.05, 0) is 35.7 Å². The number of likely N-dealkylation sites (tertiary alicyclic amines) is 1. The number of benzene rings is 2. The number of hydrogen-bond donors (Lipinski definition) is 1. The van der Waals surface area contributed by atoms with E-state index in [-0.39, 0.29) is 11.8 Å². The number of hydrogen-bond acceptors (Lipinski definition) is 7. The molecule has 1 fully saturated rings. The van der Waals surface area contributed by atoms with Crippen LogP contribution in [0.25, 0.3) is 28.0 Å². The Hall–Kier alpha value is -3.79. The molecule has 9 nitrogen and oxygen atoms in total. The van der Waals surface area contributed by atoms with Crippen molar-refractivity contribution < 1.29 is 13.2 Å². The van der Waals surface area contributed by atoms with Crippen LogP contribution in [-0.2, 0) is 20.4 Å². The molecule has 35 heavy (non-hydrogen) atoms. The molecule has 1 aliphatic rings. The molecule has 10 heteroatoms. The van der Waals surface area contributed by atoms with Crippen LogP contribution in [0.5, 0.6) is 0 Å². The van der Waals surface area contributed by atoms with Crippen LogP contribution in [0, 0.1) is 0 Å². The summed E-state index contributed by atoms with van der Waals surface area (Å²) in [7, 11) is -3.31. The molecule has 0 bridgehead atoms. The van der Waals surface area contributed by atoms with Gasteiger partial charge in [-0.25, -0.2) is 18.4 Å². The molecule has 4 aromatic rings. The highest BCUT2D eigenvalue weighted by Crippen LogP contribution is 2.28. The first kappa shape index (κ1) is 23.0. The Bertz CT molecular complexity index is 1480. The first-order valence-electron chi connectivity index (χ1n) is 11.4. The highest BCUT2D eigenvalue weighted by Gasteiger charge is 2.21. The predicted octanol–water partition coefficient (Wildman–Crippen LogP) is 3.06. The average Bonchev–Trinajstić information content (AvgIpc) is 3.26. The maximum atomic E-state index is 12.2. The smallest absolute Gasteiger partial charge is 0.224 e. The molecule has 1 unspecified atom stereocenters. The van der Waals surface area contributed by atoms with Crippen LogP contribution in [0.15, 0.2) is 60.9 Å². The Kier molecular flexibility index (Phi) is 6.21. The first-order chi connectivity index (χ1) is 16.9. The van der Waals surface area contributed by atoms with Gasteiger partial charge in [0.2, 0.25) is 12.4 Å². The number of aromatic nitrogens is 4. The summed E-state index contributed by atoms with van der Waals surface area (Å²) in [4.78, 5) is 26.6. The Morgan fingerprint density at radius 3 is 2.74 bits per heavy atom. The van der Waals surface area contributed by atoms with Gasteiger partial charge in [-0.1, -0.05) is 36.4 Å². The number of sulfone groups is 1. The fraction of sp³-hybridized carbons (Fsp3) is 0.280. The molecule has 0 aliphatic carbocycles. The van der Waals surface area contributed by atoms with Crippen molar-refractivity contribution in [1.82, 2.24) is 24.4 Å². The highest BCUT2D eigenvalue weighted by atomic mass is 32.2. The Morgan fingerprint density at radius 1 is 1.11 bits per heavy atom. The topological polar surface area (TPSA) is 110 Å². The number of carbonyl (C=O) groups is 1. The number of anilines is 1. The Morgan fingerprint density at radius 2 is 1.94 bits per heavy atom. The number of amides is 1. The average molecular weight is 491 g/mol. The third-order valence-electron chi connectivity index (χ3n) is 6.06. The van der Waals surface area contributed by atoms with Crippen molar-refractivity contribution in [3.05, 3.63) is 66.6 Å². The van der Waals surface area contributed by atoms with E-state index in [0.717, 1.165) is 42.1 Å². The summed E-state index contributed by atoms with van der Waals surface area (Å²) in [5.74, 6) is 1.37. The summed E-state index contributed by atoms with van der Waals surface area (Å²) in [5.41, 5.74) is 1.37. The van der Waals surface area contributed by atoms with Crippen LogP contribution >= 0.6 is 0 Å². The SMILES string of the molecule is CS(=O)(=O)Cc1cnc(-c2ccc3ccccc3c2)n1-c1ccnc(NC2CCCN(C=O)C2)n1. The molecule has 1 N–H and O–H groups in total. The van der Waals surface area contributed by atoms with Gasteiger partial charge in [0.25, 0.3) is 0 Å². The molecule has 5 rings (SSSR count). The zero-order chi connectivity index (χ0) is 24.4. The molecule has 3 heterocycles. The molecule has 2 aromatic heterocycles. The number of rotatable bonds is 7. The number of piperidine rings is 1. The number of nitrogens with one attached hydrogen (secondary N) is 1.